The molecule has 4 aromatic rings. The van der Waals surface area contributed by atoms with Crippen molar-refractivity contribution in [3.63, 3.8) is 0 Å². The Hall–Kier alpha value is -2.79. The normalized spacial score (nSPS) is 12.4. The van der Waals surface area contributed by atoms with Gasteiger partial charge in [0.15, 0.2) is 10.6 Å². The lowest BCUT2D eigenvalue weighted by Crippen LogP contribution is -1.99. The van der Waals surface area contributed by atoms with E-state index in [-0.39, 0.29) is 0 Å². The van der Waals surface area contributed by atoms with Crippen LogP contribution in [0.25, 0.3) is 33.5 Å². The van der Waals surface area contributed by atoms with Crippen molar-refractivity contribution in [3.8, 4) is 22.6 Å². The summed E-state index contributed by atoms with van der Waals surface area (Å²) in [7, 11) is 0. The molecule has 0 radical (unpaired) electrons. The van der Waals surface area contributed by atoms with Crippen LogP contribution in [0.5, 0.6) is 0 Å². The Balaban J connectivity index is 1.90. The van der Waals surface area contributed by atoms with Crippen LogP contribution in [-0.4, -0.2) is 19.7 Å². The monoisotopic (exact) mass is 388 g/mol. The van der Waals surface area contributed by atoms with Crippen LogP contribution in [-0.2, 0) is 6.54 Å². The van der Waals surface area contributed by atoms with Gasteiger partial charge in [0.1, 0.15) is 0 Å². The summed E-state index contributed by atoms with van der Waals surface area (Å²) in [6.07, 6.45) is 1.14. The first-order chi connectivity index (χ1) is 13.6. The fourth-order valence-electron chi connectivity index (χ4n) is 3.54. The number of nitrogens with zero attached hydrogens (tertiary/aromatic N) is 3. The molecular formula is C23H24N4S. The van der Waals surface area contributed by atoms with Crippen LogP contribution in [0.3, 0.4) is 0 Å². The molecule has 0 saturated heterocycles. The van der Waals surface area contributed by atoms with E-state index in [0.717, 1.165) is 46.5 Å². The minimum absolute atomic E-state index is 0.562. The number of rotatable bonds is 5. The van der Waals surface area contributed by atoms with Gasteiger partial charge in [-0.2, -0.15) is 5.10 Å². The molecule has 0 aliphatic heterocycles. The van der Waals surface area contributed by atoms with Gasteiger partial charge in [0.2, 0.25) is 0 Å². The summed E-state index contributed by atoms with van der Waals surface area (Å²) in [5.74, 6) is 1.41. The van der Waals surface area contributed by atoms with Crippen molar-refractivity contribution in [1.82, 2.24) is 19.7 Å². The molecule has 4 rings (SSSR count). The van der Waals surface area contributed by atoms with Crippen molar-refractivity contribution < 1.29 is 0 Å². The molecule has 0 fully saturated rings. The van der Waals surface area contributed by atoms with E-state index in [4.69, 9.17) is 17.2 Å². The molecule has 0 aliphatic rings. The molecule has 0 saturated carbocycles. The van der Waals surface area contributed by atoms with Crippen LogP contribution >= 0.6 is 12.2 Å². The molecule has 1 N–H and O–H groups in total. The van der Waals surface area contributed by atoms with Crippen LogP contribution < -0.4 is 0 Å². The first-order valence-electron chi connectivity index (χ1n) is 9.78. The molecule has 2 aromatic carbocycles. The Morgan fingerprint density at radius 1 is 1.07 bits per heavy atom. The van der Waals surface area contributed by atoms with E-state index in [1.807, 2.05) is 22.8 Å². The lowest BCUT2D eigenvalue weighted by Gasteiger charge is -2.12. The molecule has 4 nitrogen and oxygen atoms in total. The number of fused-ring (bicyclic) bond motifs is 1. The van der Waals surface area contributed by atoms with Crippen molar-refractivity contribution in [2.24, 2.45) is 0 Å². The first-order valence-corrected chi connectivity index (χ1v) is 10.2. The quantitative estimate of drug-likeness (QED) is 0.405. The molecule has 142 valence electrons. The summed E-state index contributed by atoms with van der Waals surface area (Å²) in [6, 6.07) is 19.1. The van der Waals surface area contributed by atoms with Gasteiger partial charge in [-0.1, -0.05) is 56.3 Å². The number of H-pyrrole nitrogens is 1. The highest BCUT2D eigenvalue weighted by molar-refractivity contribution is 7.71. The second-order valence-electron chi connectivity index (χ2n) is 7.10. The Kier molecular flexibility index (Phi) is 5.09. The van der Waals surface area contributed by atoms with Crippen molar-refractivity contribution in [2.45, 2.75) is 39.7 Å². The van der Waals surface area contributed by atoms with E-state index < -0.39 is 0 Å². The maximum Gasteiger partial charge on any atom is 0.195 e. The van der Waals surface area contributed by atoms with Crippen molar-refractivity contribution in [3.05, 3.63) is 64.9 Å². The summed E-state index contributed by atoms with van der Waals surface area (Å²) in [4.78, 5) is 4.92. The second kappa shape index (κ2) is 7.68. The Morgan fingerprint density at radius 2 is 1.82 bits per heavy atom. The maximum absolute atomic E-state index is 5.40. The van der Waals surface area contributed by atoms with Gasteiger partial charge in [0.05, 0.1) is 11.2 Å². The number of aromatic nitrogens is 4. The Morgan fingerprint density at radius 3 is 2.54 bits per heavy atom. The summed E-state index contributed by atoms with van der Waals surface area (Å²) < 4.78 is 2.66. The SMILES string of the molecule is CCC(C)c1ccc(-c2cc(-c3n[nH]c(=S)n3CC)c3ccccc3n2)cc1. The Labute approximate surface area is 170 Å². The number of hydrogen-bond donors (Lipinski definition) is 1. The standard InChI is InChI=1S/C23H24N4S/c1-4-15(3)16-10-12-17(13-11-16)21-14-19(18-8-6-7-9-20(18)24-21)22-25-26-23(28)27(22)5-2/h6-15H,4-5H2,1-3H3,(H,26,28). The first kappa shape index (κ1) is 18.6. The van der Waals surface area contributed by atoms with E-state index in [0.29, 0.717) is 10.7 Å². The van der Waals surface area contributed by atoms with E-state index >= 15 is 0 Å². The van der Waals surface area contributed by atoms with E-state index in [2.05, 4.69) is 67.4 Å². The van der Waals surface area contributed by atoms with Crippen molar-refractivity contribution in [2.75, 3.05) is 0 Å². The summed E-state index contributed by atoms with van der Waals surface area (Å²) in [5.41, 5.74) is 5.41. The van der Waals surface area contributed by atoms with Gasteiger partial charge < -0.3 is 4.57 Å². The number of pyridine rings is 1. The minimum Gasteiger partial charge on any atom is -0.300 e. The van der Waals surface area contributed by atoms with Gasteiger partial charge in [-0.25, -0.2) is 4.98 Å². The minimum atomic E-state index is 0.562. The zero-order chi connectivity index (χ0) is 19.7. The molecule has 0 aliphatic carbocycles. The average molecular weight is 389 g/mol. The van der Waals surface area contributed by atoms with Crippen LogP contribution in [0.1, 0.15) is 38.7 Å². The molecule has 5 heteroatoms. The average Bonchev–Trinajstić information content (AvgIpc) is 3.12. The smallest absolute Gasteiger partial charge is 0.195 e. The lowest BCUT2D eigenvalue weighted by molar-refractivity contribution is 0.734. The highest BCUT2D eigenvalue weighted by Crippen LogP contribution is 2.32. The van der Waals surface area contributed by atoms with Gasteiger partial charge in [-0.15, -0.1) is 0 Å². The van der Waals surface area contributed by atoms with Gasteiger partial charge in [0, 0.05) is 23.1 Å². The second-order valence-corrected chi connectivity index (χ2v) is 7.49. The molecule has 2 heterocycles. The van der Waals surface area contributed by atoms with Crippen LogP contribution in [0.2, 0.25) is 0 Å². The van der Waals surface area contributed by atoms with Gasteiger partial charge >= 0.3 is 0 Å². The molecule has 1 unspecified atom stereocenters. The molecule has 0 bridgehead atoms. The highest BCUT2D eigenvalue weighted by atomic mass is 32.1. The van der Waals surface area contributed by atoms with Gasteiger partial charge in [0.25, 0.3) is 0 Å². The number of para-hydroxylation sites is 1. The predicted molar refractivity (Wildman–Crippen MR) is 118 cm³/mol. The van der Waals surface area contributed by atoms with Crippen LogP contribution in [0.4, 0.5) is 0 Å². The third-order valence-corrected chi connectivity index (χ3v) is 5.73. The fraction of sp³-hybridized carbons (Fsp3) is 0.261. The molecular weight excluding hydrogens is 364 g/mol. The fourth-order valence-corrected chi connectivity index (χ4v) is 3.80. The number of benzene rings is 2. The number of aromatic amines is 1. The molecule has 0 spiro atoms. The lowest BCUT2D eigenvalue weighted by atomic mass is 9.96. The van der Waals surface area contributed by atoms with E-state index in [9.17, 15) is 0 Å². The summed E-state index contributed by atoms with van der Waals surface area (Å²) in [5, 5.41) is 8.52. The zero-order valence-electron chi connectivity index (χ0n) is 16.4. The maximum atomic E-state index is 5.40. The van der Waals surface area contributed by atoms with Crippen molar-refractivity contribution in [1.29, 1.82) is 0 Å². The molecule has 0 amide bonds. The Bertz CT molecular complexity index is 1170. The van der Waals surface area contributed by atoms with Crippen molar-refractivity contribution >= 4 is 23.1 Å². The van der Waals surface area contributed by atoms with Gasteiger partial charge in [-0.3, -0.25) is 5.10 Å². The number of nitrogens with one attached hydrogen (secondary N) is 1. The number of hydrogen-bond acceptors (Lipinski definition) is 3. The topological polar surface area (TPSA) is 46.5 Å². The summed E-state index contributed by atoms with van der Waals surface area (Å²) >= 11 is 5.40. The molecule has 28 heavy (non-hydrogen) atoms. The predicted octanol–water partition coefficient (Wildman–Crippen LogP) is 6.36. The van der Waals surface area contributed by atoms with Crippen LogP contribution in [0, 0.1) is 4.77 Å². The van der Waals surface area contributed by atoms with Crippen LogP contribution in [0.15, 0.2) is 54.6 Å². The van der Waals surface area contributed by atoms with E-state index in [1.165, 1.54) is 5.56 Å². The zero-order valence-corrected chi connectivity index (χ0v) is 17.3. The third kappa shape index (κ3) is 3.27. The van der Waals surface area contributed by atoms with Gasteiger partial charge in [-0.05, 0) is 49.2 Å². The summed E-state index contributed by atoms with van der Waals surface area (Å²) in [6.45, 7) is 7.32. The largest absolute Gasteiger partial charge is 0.300 e. The van der Waals surface area contributed by atoms with E-state index in [1.54, 1.807) is 0 Å². The third-order valence-electron chi connectivity index (χ3n) is 5.42. The highest BCUT2D eigenvalue weighted by Gasteiger charge is 2.14. The molecule has 1 atom stereocenters. The molecule has 2 aromatic heterocycles.